The average Bonchev–Trinajstić information content (AvgIpc) is 2.61. The maximum atomic E-state index is 12.0. The van der Waals surface area contributed by atoms with Crippen molar-refractivity contribution in [3.63, 3.8) is 0 Å². The van der Waals surface area contributed by atoms with Gasteiger partial charge in [-0.3, -0.25) is 4.79 Å². The van der Waals surface area contributed by atoms with Gasteiger partial charge in [0.2, 0.25) is 5.91 Å². The second-order valence-electron chi connectivity index (χ2n) is 5.70. The quantitative estimate of drug-likeness (QED) is 0.743. The largest absolute Gasteiger partial charge is 0.354 e. The van der Waals surface area contributed by atoms with Crippen molar-refractivity contribution in [2.24, 2.45) is 5.41 Å². The van der Waals surface area contributed by atoms with E-state index in [1.165, 1.54) is 6.26 Å². The Balaban J connectivity index is 2.60. The summed E-state index contributed by atoms with van der Waals surface area (Å²) < 4.78 is 22.1. The summed E-state index contributed by atoms with van der Waals surface area (Å²) in [4.78, 5) is 12.0. The normalized spacial score (nSPS) is 25.9. The number of sulfone groups is 1. The Labute approximate surface area is 103 Å². The molecule has 1 aliphatic rings. The summed E-state index contributed by atoms with van der Waals surface area (Å²) in [6, 6.07) is 0. The minimum absolute atomic E-state index is 0.0702. The Bertz CT molecular complexity index is 395. The van der Waals surface area contributed by atoms with Gasteiger partial charge in [0.25, 0.3) is 0 Å². The third-order valence-corrected chi connectivity index (χ3v) is 5.75. The fourth-order valence-electron chi connectivity index (χ4n) is 1.65. The molecule has 17 heavy (non-hydrogen) atoms. The van der Waals surface area contributed by atoms with E-state index in [9.17, 15) is 13.2 Å². The molecule has 0 bridgehead atoms. The highest BCUT2D eigenvalue weighted by molar-refractivity contribution is 7.92. The average molecular weight is 262 g/mol. The molecule has 100 valence electrons. The number of nitrogens with one attached hydrogen (secondary N) is 2. The first kappa shape index (κ1) is 14.4. The van der Waals surface area contributed by atoms with E-state index in [0.717, 1.165) is 13.0 Å². The first-order chi connectivity index (χ1) is 7.58. The van der Waals surface area contributed by atoms with Crippen LogP contribution in [0.25, 0.3) is 0 Å². The van der Waals surface area contributed by atoms with Gasteiger partial charge in [-0.2, -0.15) is 0 Å². The first-order valence-electron chi connectivity index (χ1n) is 5.77. The van der Waals surface area contributed by atoms with E-state index in [2.05, 4.69) is 10.6 Å². The number of hydrogen-bond acceptors (Lipinski definition) is 4. The van der Waals surface area contributed by atoms with Crippen LogP contribution in [0.5, 0.6) is 0 Å². The molecule has 0 aromatic heterocycles. The zero-order valence-electron chi connectivity index (χ0n) is 11.0. The number of hydrogen-bond donors (Lipinski definition) is 2. The smallest absolute Gasteiger partial charge is 0.227 e. The molecule has 1 saturated heterocycles. The van der Waals surface area contributed by atoms with E-state index in [-0.39, 0.29) is 12.5 Å². The van der Waals surface area contributed by atoms with Gasteiger partial charge in [0.15, 0.2) is 9.84 Å². The van der Waals surface area contributed by atoms with Crippen LogP contribution in [-0.4, -0.2) is 45.0 Å². The van der Waals surface area contributed by atoms with Gasteiger partial charge < -0.3 is 10.6 Å². The highest BCUT2D eigenvalue weighted by atomic mass is 32.2. The minimum atomic E-state index is -3.17. The molecule has 0 spiro atoms. The molecule has 0 radical (unpaired) electrons. The Morgan fingerprint density at radius 2 is 2.06 bits per heavy atom. The van der Waals surface area contributed by atoms with E-state index in [4.69, 9.17) is 0 Å². The summed E-state index contributed by atoms with van der Waals surface area (Å²) in [5.74, 6) is -0.0702. The van der Waals surface area contributed by atoms with Crippen molar-refractivity contribution in [2.45, 2.75) is 31.9 Å². The number of rotatable bonds is 4. The summed E-state index contributed by atoms with van der Waals surface area (Å²) in [5.41, 5.74) is -0.409. The summed E-state index contributed by atoms with van der Waals surface area (Å²) in [6.45, 7) is 6.78. The van der Waals surface area contributed by atoms with E-state index in [1.54, 1.807) is 13.8 Å². The topological polar surface area (TPSA) is 75.3 Å². The van der Waals surface area contributed by atoms with Crippen LogP contribution in [0.1, 0.15) is 27.2 Å². The predicted octanol–water partition coefficient (Wildman–Crippen LogP) is -0.0746. The molecule has 0 saturated carbocycles. The second kappa shape index (κ2) is 4.57. The van der Waals surface area contributed by atoms with Gasteiger partial charge in [-0.25, -0.2) is 8.42 Å². The van der Waals surface area contributed by atoms with Gasteiger partial charge in [0.1, 0.15) is 0 Å². The molecule has 0 aromatic rings. The Morgan fingerprint density at radius 1 is 1.47 bits per heavy atom. The van der Waals surface area contributed by atoms with Crippen LogP contribution in [0, 0.1) is 5.41 Å². The van der Waals surface area contributed by atoms with Crippen LogP contribution in [0.4, 0.5) is 0 Å². The molecule has 1 unspecified atom stereocenters. The van der Waals surface area contributed by atoms with Gasteiger partial charge in [-0.05, 0) is 33.7 Å². The van der Waals surface area contributed by atoms with Crippen LogP contribution in [0.3, 0.4) is 0 Å². The molecule has 1 aliphatic heterocycles. The zero-order chi connectivity index (χ0) is 13.3. The molecule has 5 nitrogen and oxygen atoms in total. The van der Waals surface area contributed by atoms with Crippen molar-refractivity contribution in [3.05, 3.63) is 0 Å². The second-order valence-corrected chi connectivity index (χ2v) is 8.35. The van der Waals surface area contributed by atoms with Crippen LogP contribution in [0.15, 0.2) is 0 Å². The maximum Gasteiger partial charge on any atom is 0.227 e. The van der Waals surface area contributed by atoms with Crippen molar-refractivity contribution in [2.75, 3.05) is 25.9 Å². The van der Waals surface area contributed by atoms with Gasteiger partial charge in [0, 0.05) is 19.3 Å². The Morgan fingerprint density at radius 3 is 2.47 bits per heavy atom. The summed E-state index contributed by atoms with van der Waals surface area (Å²) in [6.07, 6.45) is 1.98. The third-order valence-electron chi connectivity index (χ3n) is 3.60. The highest BCUT2D eigenvalue weighted by Gasteiger charge is 2.38. The van der Waals surface area contributed by atoms with E-state index >= 15 is 0 Å². The molecule has 6 heteroatoms. The highest BCUT2D eigenvalue weighted by Crippen LogP contribution is 2.25. The lowest BCUT2D eigenvalue weighted by molar-refractivity contribution is -0.129. The van der Waals surface area contributed by atoms with Gasteiger partial charge in [0.05, 0.1) is 10.2 Å². The zero-order valence-corrected chi connectivity index (χ0v) is 11.8. The van der Waals surface area contributed by atoms with Crippen molar-refractivity contribution in [1.82, 2.24) is 10.6 Å². The molecule has 1 rings (SSSR count). The number of carbonyl (C=O) groups is 1. The molecule has 1 fully saturated rings. The number of carbonyl (C=O) groups excluding carboxylic acids is 1. The van der Waals surface area contributed by atoms with Crippen LogP contribution in [-0.2, 0) is 14.6 Å². The predicted molar refractivity (Wildman–Crippen MR) is 67.5 cm³/mol. The minimum Gasteiger partial charge on any atom is -0.354 e. The van der Waals surface area contributed by atoms with E-state index in [0.29, 0.717) is 6.54 Å². The number of amides is 1. The van der Waals surface area contributed by atoms with Crippen molar-refractivity contribution < 1.29 is 13.2 Å². The standard InChI is InChI=1S/C11H22N2O3S/c1-10(2,17(4,15)16)7-13-9(14)11(3)5-6-12-8-11/h12H,5-8H2,1-4H3,(H,13,14). The first-order valence-corrected chi connectivity index (χ1v) is 7.66. The Hall–Kier alpha value is -0.620. The van der Waals surface area contributed by atoms with E-state index in [1.807, 2.05) is 6.92 Å². The monoisotopic (exact) mass is 262 g/mol. The van der Waals surface area contributed by atoms with Crippen molar-refractivity contribution in [3.8, 4) is 0 Å². The van der Waals surface area contributed by atoms with E-state index < -0.39 is 20.0 Å². The van der Waals surface area contributed by atoms with Gasteiger partial charge in [-0.1, -0.05) is 0 Å². The fraction of sp³-hybridized carbons (Fsp3) is 0.909. The SMILES string of the molecule is CC1(C(=O)NCC(C)(C)S(C)(=O)=O)CCNC1. The lowest BCUT2D eigenvalue weighted by Gasteiger charge is -2.27. The van der Waals surface area contributed by atoms with Crippen LogP contribution in [0.2, 0.25) is 0 Å². The fourth-order valence-corrected chi connectivity index (χ4v) is 1.98. The Kier molecular flexibility index (Phi) is 3.88. The van der Waals surface area contributed by atoms with Crippen molar-refractivity contribution in [1.29, 1.82) is 0 Å². The molecule has 1 amide bonds. The van der Waals surface area contributed by atoms with Crippen LogP contribution >= 0.6 is 0 Å². The molecule has 0 aliphatic carbocycles. The summed E-state index contributed by atoms with van der Waals surface area (Å²) in [5, 5.41) is 5.90. The lowest BCUT2D eigenvalue weighted by Crippen LogP contribution is -2.48. The lowest BCUT2D eigenvalue weighted by atomic mass is 9.88. The molecular weight excluding hydrogens is 240 g/mol. The summed E-state index contributed by atoms with van der Waals surface area (Å²) in [7, 11) is -3.17. The molecule has 1 atom stereocenters. The van der Waals surface area contributed by atoms with Crippen LogP contribution < -0.4 is 10.6 Å². The molecular formula is C11H22N2O3S. The summed E-state index contributed by atoms with van der Waals surface area (Å²) >= 11 is 0. The molecule has 0 aromatic carbocycles. The van der Waals surface area contributed by atoms with Crippen molar-refractivity contribution >= 4 is 15.7 Å². The molecule has 2 N–H and O–H groups in total. The maximum absolute atomic E-state index is 12.0. The van der Waals surface area contributed by atoms with Gasteiger partial charge in [-0.15, -0.1) is 0 Å². The van der Waals surface area contributed by atoms with Gasteiger partial charge >= 0.3 is 0 Å². The molecule has 1 heterocycles. The third kappa shape index (κ3) is 3.19.